The van der Waals surface area contributed by atoms with E-state index < -0.39 is 0 Å². The van der Waals surface area contributed by atoms with Crippen molar-refractivity contribution in [2.75, 3.05) is 20.6 Å². The minimum absolute atomic E-state index is 1.08. The van der Waals surface area contributed by atoms with Crippen LogP contribution in [-0.2, 0) is 6.54 Å². The Morgan fingerprint density at radius 2 is 1.80 bits per heavy atom. The molecule has 1 rings (SSSR count). The van der Waals surface area contributed by atoms with Gasteiger partial charge in [0.05, 0.1) is 0 Å². The molecule has 0 aliphatic rings. The Morgan fingerprint density at radius 1 is 1.20 bits per heavy atom. The Labute approximate surface area is 62.1 Å². The molecule has 0 saturated heterocycles. The minimum atomic E-state index is 1.08. The first-order valence-electron chi connectivity index (χ1n) is 3.54. The molecule has 1 heterocycles. The van der Waals surface area contributed by atoms with Gasteiger partial charge < -0.3 is 9.47 Å². The molecule has 0 amide bonds. The first-order chi connectivity index (χ1) is 4.79. The molecule has 0 radical (unpaired) electrons. The fraction of sp³-hybridized carbons (Fsp3) is 0.500. The lowest BCUT2D eigenvalue weighted by molar-refractivity contribution is 0.384. The molecule has 0 aliphatic carbocycles. The van der Waals surface area contributed by atoms with Crippen molar-refractivity contribution in [1.82, 2.24) is 9.47 Å². The highest BCUT2D eigenvalue weighted by Gasteiger charge is 1.89. The van der Waals surface area contributed by atoms with Gasteiger partial charge in [0.1, 0.15) is 0 Å². The van der Waals surface area contributed by atoms with E-state index in [2.05, 4.69) is 48.1 Å². The van der Waals surface area contributed by atoms with Crippen molar-refractivity contribution in [2.45, 2.75) is 6.54 Å². The first-order valence-corrected chi connectivity index (χ1v) is 3.54. The molecule has 2 heteroatoms. The molecule has 0 saturated carbocycles. The summed E-state index contributed by atoms with van der Waals surface area (Å²) in [5.74, 6) is 0. The molecule has 0 N–H and O–H groups in total. The summed E-state index contributed by atoms with van der Waals surface area (Å²) in [7, 11) is 4.17. The van der Waals surface area contributed by atoms with Crippen molar-refractivity contribution in [3.63, 3.8) is 0 Å². The number of aromatic nitrogens is 1. The second-order valence-electron chi connectivity index (χ2n) is 2.72. The normalized spacial score (nSPS) is 10.7. The van der Waals surface area contributed by atoms with Gasteiger partial charge in [-0.05, 0) is 26.2 Å². The number of nitrogens with zero attached hydrogens (tertiary/aromatic N) is 2. The van der Waals surface area contributed by atoms with E-state index in [9.17, 15) is 0 Å². The minimum Gasteiger partial charge on any atom is -0.353 e. The van der Waals surface area contributed by atoms with Crippen LogP contribution < -0.4 is 0 Å². The highest BCUT2D eigenvalue weighted by atomic mass is 15.1. The molecular weight excluding hydrogens is 124 g/mol. The maximum absolute atomic E-state index is 2.18. The van der Waals surface area contributed by atoms with E-state index >= 15 is 0 Å². The summed E-state index contributed by atoms with van der Waals surface area (Å²) in [5.41, 5.74) is 0. The third kappa shape index (κ3) is 2.23. The van der Waals surface area contributed by atoms with Crippen LogP contribution in [0.25, 0.3) is 0 Å². The van der Waals surface area contributed by atoms with Crippen molar-refractivity contribution < 1.29 is 0 Å². The lowest BCUT2D eigenvalue weighted by atomic mass is 10.6. The Hall–Kier alpha value is -0.760. The van der Waals surface area contributed by atoms with Gasteiger partial charge in [-0.1, -0.05) is 0 Å². The van der Waals surface area contributed by atoms with E-state index in [1.807, 2.05) is 0 Å². The van der Waals surface area contributed by atoms with E-state index in [0.717, 1.165) is 13.1 Å². The zero-order chi connectivity index (χ0) is 7.40. The van der Waals surface area contributed by atoms with Gasteiger partial charge in [-0.3, -0.25) is 0 Å². The Kier molecular flexibility index (Phi) is 2.51. The number of hydrogen-bond acceptors (Lipinski definition) is 1. The predicted molar refractivity (Wildman–Crippen MR) is 43.0 cm³/mol. The van der Waals surface area contributed by atoms with Crippen molar-refractivity contribution in [2.24, 2.45) is 0 Å². The van der Waals surface area contributed by atoms with Crippen LogP contribution >= 0.6 is 0 Å². The number of hydrogen-bond donors (Lipinski definition) is 0. The van der Waals surface area contributed by atoms with Crippen LogP contribution in [0.15, 0.2) is 24.5 Å². The molecule has 2 nitrogen and oxygen atoms in total. The third-order valence-electron chi connectivity index (χ3n) is 1.47. The lowest BCUT2D eigenvalue weighted by Crippen LogP contribution is -2.17. The molecular formula is C8H14N2. The summed E-state index contributed by atoms with van der Waals surface area (Å²) < 4.78 is 2.18. The van der Waals surface area contributed by atoms with Gasteiger partial charge in [0.25, 0.3) is 0 Å². The van der Waals surface area contributed by atoms with E-state index in [4.69, 9.17) is 0 Å². The molecule has 10 heavy (non-hydrogen) atoms. The monoisotopic (exact) mass is 138 g/mol. The zero-order valence-corrected chi connectivity index (χ0v) is 6.62. The largest absolute Gasteiger partial charge is 0.353 e. The van der Waals surface area contributed by atoms with Crippen LogP contribution in [0.3, 0.4) is 0 Å². The van der Waals surface area contributed by atoms with Crippen molar-refractivity contribution in [3.05, 3.63) is 24.5 Å². The summed E-state index contributed by atoms with van der Waals surface area (Å²) in [6, 6.07) is 4.10. The van der Waals surface area contributed by atoms with Crippen LogP contribution in [-0.4, -0.2) is 30.1 Å². The summed E-state index contributed by atoms with van der Waals surface area (Å²) in [4.78, 5) is 2.18. The summed E-state index contributed by atoms with van der Waals surface area (Å²) in [6.45, 7) is 2.19. The molecule has 1 aromatic rings. The maximum atomic E-state index is 2.18. The van der Waals surface area contributed by atoms with Crippen LogP contribution in [0.2, 0.25) is 0 Å². The van der Waals surface area contributed by atoms with E-state index in [1.54, 1.807) is 0 Å². The number of likely N-dealkylation sites (N-methyl/N-ethyl adjacent to an activating group) is 1. The highest BCUT2D eigenvalue weighted by Crippen LogP contribution is 1.89. The first kappa shape index (κ1) is 7.35. The second-order valence-corrected chi connectivity index (χ2v) is 2.72. The van der Waals surface area contributed by atoms with Crippen molar-refractivity contribution in [1.29, 1.82) is 0 Å². The molecule has 0 bridgehead atoms. The molecule has 56 valence electrons. The summed E-state index contributed by atoms with van der Waals surface area (Å²) in [5, 5.41) is 0. The van der Waals surface area contributed by atoms with Crippen LogP contribution in [0.5, 0.6) is 0 Å². The fourth-order valence-corrected chi connectivity index (χ4v) is 0.835. The van der Waals surface area contributed by atoms with Crippen LogP contribution in [0.4, 0.5) is 0 Å². The van der Waals surface area contributed by atoms with E-state index in [0.29, 0.717) is 0 Å². The second kappa shape index (κ2) is 3.42. The van der Waals surface area contributed by atoms with Crippen LogP contribution in [0, 0.1) is 0 Å². The summed E-state index contributed by atoms with van der Waals surface area (Å²) in [6.07, 6.45) is 4.17. The van der Waals surface area contributed by atoms with E-state index in [-0.39, 0.29) is 0 Å². The van der Waals surface area contributed by atoms with Gasteiger partial charge in [-0.2, -0.15) is 0 Å². The van der Waals surface area contributed by atoms with Gasteiger partial charge in [-0.15, -0.1) is 0 Å². The lowest BCUT2D eigenvalue weighted by Gasteiger charge is -2.09. The SMILES string of the molecule is CN(C)CCn1cccc1. The quantitative estimate of drug-likeness (QED) is 0.606. The molecule has 0 fully saturated rings. The Morgan fingerprint density at radius 3 is 2.30 bits per heavy atom. The standard InChI is InChI=1S/C8H14N2/c1-9(2)7-8-10-5-3-4-6-10/h3-6H,7-8H2,1-2H3. The Bertz CT molecular complexity index is 165. The third-order valence-corrected chi connectivity index (χ3v) is 1.47. The van der Waals surface area contributed by atoms with Crippen LogP contribution in [0.1, 0.15) is 0 Å². The summed E-state index contributed by atoms with van der Waals surface area (Å²) >= 11 is 0. The average Bonchev–Trinajstić information content (AvgIpc) is 2.34. The van der Waals surface area contributed by atoms with Gasteiger partial charge in [0.2, 0.25) is 0 Å². The van der Waals surface area contributed by atoms with Crippen molar-refractivity contribution in [3.8, 4) is 0 Å². The average molecular weight is 138 g/mol. The van der Waals surface area contributed by atoms with Gasteiger partial charge in [-0.25, -0.2) is 0 Å². The number of rotatable bonds is 3. The smallest absolute Gasteiger partial charge is 0.0347 e. The van der Waals surface area contributed by atoms with Crippen molar-refractivity contribution >= 4 is 0 Å². The van der Waals surface area contributed by atoms with Gasteiger partial charge in [0.15, 0.2) is 0 Å². The molecule has 1 aromatic heterocycles. The van der Waals surface area contributed by atoms with E-state index in [1.165, 1.54) is 0 Å². The molecule has 0 unspecified atom stereocenters. The predicted octanol–water partition coefficient (Wildman–Crippen LogP) is 1.05. The molecule has 0 atom stereocenters. The zero-order valence-electron chi connectivity index (χ0n) is 6.62. The highest BCUT2D eigenvalue weighted by molar-refractivity contribution is 4.90. The molecule has 0 spiro atoms. The van der Waals surface area contributed by atoms with Gasteiger partial charge in [0, 0.05) is 25.5 Å². The topological polar surface area (TPSA) is 8.17 Å². The van der Waals surface area contributed by atoms with Gasteiger partial charge >= 0.3 is 0 Å². The molecule has 0 aromatic carbocycles. The maximum Gasteiger partial charge on any atom is 0.0347 e. The Balaban J connectivity index is 2.28. The fourth-order valence-electron chi connectivity index (χ4n) is 0.835. The molecule has 0 aliphatic heterocycles.